The van der Waals surface area contributed by atoms with Crippen LogP contribution in [-0.4, -0.2) is 140 Å². The van der Waals surface area contributed by atoms with Gasteiger partial charge < -0.3 is 65.1 Å². The molecule has 12 unspecified atom stereocenters. The smallest absolute Gasteiger partial charge is 0.220 e. The number of aliphatic hydroxyl groups excluding tert-OH is 8. The molecule has 1 amide bonds. The van der Waals surface area contributed by atoms with Crippen molar-refractivity contribution < 1.29 is 64.6 Å². The number of carbonyl (C=O) groups excluding carboxylic acids is 1. The molecule has 0 bridgehead atoms. The Hall–Kier alpha value is -1.79. The summed E-state index contributed by atoms with van der Waals surface area (Å²) in [6, 6.07) is -0.934. The number of ether oxygens (including phenoxy) is 4. The number of allylic oxidation sites excluding steroid dienone is 5. The molecular weight excluding hydrogens is 943 g/mol. The van der Waals surface area contributed by atoms with Crippen molar-refractivity contribution in [2.45, 2.75) is 319 Å². The van der Waals surface area contributed by atoms with Gasteiger partial charge in [-0.25, -0.2) is 0 Å². The molecule has 0 aliphatic carbocycles. The maximum atomic E-state index is 13.2. The lowest BCUT2D eigenvalue weighted by Gasteiger charge is -2.46. The topological polar surface area (TPSA) is 228 Å². The molecule has 9 N–H and O–H groups in total. The first kappa shape index (κ1) is 68.3. The van der Waals surface area contributed by atoms with Gasteiger partial charge in [0.05, 0.1) is 32.0 Å². The molecule has 0 aromatic carbocycles. The lowest BCUT2D eigenvalue weighted by Crippen LogP contribution is -2.65. The molecule has 0 radical (unpaired) electrons. The highest BCUT2D eigenvalue weighted by Crippen LogP contribution is 2.30. The van der Waals surface area contributed by atoms with Gasteiger partial charge in [-0.1, -0.05) is 230 Å². The molecular formula is C60H111NO13. The van der Waals surface area contributed by atoms with Gasteiger partial charge in [0.2, 0.25) is 5.91 Å². The number of aliphatic hydroxyl groups is 8. The molecule has 2 rings (SSSR count). The number of amides is 1. The van der Waals surface area contributed by atoms with E-state index in [0.29, 0.717) is 12.8 Å². The highest BCUT2D eigenvalue weighted by molar-refractivity contribution is 5.76. The van der Waals surface area contributed by atoms with E-state index in [9.17, 15) is 45.6 Å². The first-order chi connectivity index (χ1) is 36.1. The molecule has 14 heteroatoms. The summed E-state index contributed by atoms with van der Waals surface area (Å²) in [5, 5.41) is 86.9. The molecule has 2 aliphatic heterocycles. The van der Waals surface area contributed by atoms with Crippen molar-refractivity contribution >= 4 is 5.91 Å². The minimum atomic E-state index is -1.79. The van der Waals surface area contributed by atoms with Crippen LogP contribution in [0.15, 0.2) is 36.5 Å². The van der Waals surface area contributed by atoms with E-state index in [4.69, 9.17) is 18.9 Å². The van der Waals surface area contributed by atoms with Crippen molar-refractivity contribution in [1.29, 1.82) is 0 Å². The maximum absolute atomic E-state index is 13.2. The molecule has 0 saturated carbocycles. The number of nitrogens with one attached hydrogen (secondary N) is 1. The Bertz CT molecular complexity index is 1380. The van der Waals surface area contributed by atoms with Crippen LogP contribution in [0.1, 0.15) is 245 Å². The summed E-state index contributed by atoms with van der Waals surface area (Å²) in [5.41, 5.74) is 0. The van der Waals surface area contributed by atoms with Gasteiger partial charge >= 0.3 is 0 Å². The fourth-order valence-electron chi connectivity index (χ4n) is 9.91. The van der Waals surface area contributed by atoms with E-state index in [1.165, 1.54) is 167 Å². The minimum Gasteiger partial charge on any atom is -0.394 e. The molecule has 12 atom stereocenters. The van der Waals surface area contributed by atoms with Gasteiger partial charge in [-0.15, -0.1) is 0 Å². The highest BCUT2D eigenvalue weighted by atomic mass is 16.7. The zero-order valence-electron chi connectivity index (χ0n) is 46.6. The van der Waals surface area contributed by atoms with E-state index >= 15 is 0 Å². The summed E-state index contributed by atoms with van der Waals surface area (Å²) in [6.07, 6.45) is 39.2. The normalized spacial score (nSPS) is 25.4. The Labute approximate surface area is 449 Å². The van der Waals surface area contributed by atoms with Gasteiger partial charge in [-0.2, -0.15) is 0 Å². The average Bonchev–Trinajstić information content (AvgIpc) is 3.40. The first-order valence-electron chi connectivity index (χ1n) is 30.2. The Morgan fingerprint density at radius 1 is 0.473 bits per heavy atom. The molecule has 2 aliphatic rings. The predicted octanol–water partition coefficient (Wildman–Crippen LogP) is 10.2. The van der Waals surface area contributed by atoms with Crippen LogP contribution in [0.2, 0.25) is 0 Å². The third-order valence-corrected chi connectivity index (χ3v) is 14.8. The van der Waals surface area contributed by atoms with Crippen LogP contribution in [0, 0.1) is 0 Å². The number of hydrogen-bond acceptors (Lipinski definition) is 13. The van der Waals surface area contributed by atoms with E-state index in [2.05, 4.69) is 43.5 Å². The van der Waals surface area contributed by atoms with Crippen LogP contribution in [0.3, 0.4) is 0 Å². The fourth-order valence-corrected chi connectivity index (χ4v) is 9.91. The van der Waals surface area contributed by atoms with Crippen molar-refractivity contribution in [1.82, 2.24) is 5.32 Å². The summed E-state index contributed by atoms with van der Waals surface area (Å²) in [5.74, 6) is -0.251. The Balaban J connectivity index is 1.70. The quantitative estimate of drug-likeness (QED) is 0.0204. The Morgan fingerprint density at radius 3 is 1.32 bits per heavy atom. The average molecular weight is 1050 g/mol. The van der Waals surface area contributed by atoms with Crippen LogP contribution in [0.25, 0.3) is 0 Å². The fraction of sp³-hybridized carbons (Fsp3) is 0.883. The largest absolute Gasteiger partial charge is 0.394 e. The molecule has 434 valence electrons. The number of rotatable bonds is 48. The van der Waals surface area contributed by atoms with Gasteiger partial charge in [-0.05, 0) is 44.9 Å². The molecule has 0 aromatic rings. The van der Waals surface area contributed by atoms with Gasteiger partial charge in [0.25, 0.3) is 0 Å². The van der Waals surface area contributed by atoms with Crippen LogP contribution in [0.5, 0.6) is 0 Å². The lowest BCUT2D eigenvalue weighted by atomic mass is 9.97. The molecule has 0 spiro atoms. The summed E-state index contributed by atoms with van der Waals surface area (Å²) >= 11 is 0. The van der Waals surface area contributed by atoms with Crippen molar-refractivity contribution in [2.75, 3.05) is 19.8 Å². The minimum absolute atomic E-state index is 0.251. The Kier molecular flexibility index (Phi) is 42.6. The van der Waals surface area contributed by atoms with Crippen molar-refractivity contribution in [2.24, 2.45) is 0 Å². The summed E-state index contributed by atoms with van der Waals surface area (Å²) in [7, 11) is 0. The van der Waals surface area contributed by atoms with Gasteiger partial charge in [0, 0.05) is 6.42 Å². The third-order valence-electron chi connectivity index (χ3n) is 14.8. The van der Waals surface area contributed by atoms with E-state index in [1.807, 2.05) is 6.08 Å². The van der Waals surface area contributed by atoms with E-state index in [1.54, 1.807) is 6.08 Å². The molecule has 2 heterocycles. The second-order valence-corrected chi connectivity index (χ2v) is 21.5. The van der Waals surface area contributed by atoms with E-state index < -0.39 is 86.8 Å². The van der Waals surface area contributed by atoms with Crippen LogP contribution in [0.4, 0.5) is 0 Å². The molecule has 14 nitrogen and oxygen atoms in total. The summed E-state index contributed by atoms with van der Waals surface area (Å²) < 4.78 is 22.7. The van der Waals surface area contributed by atoms with Crippen molar-refractivity contribution in [3.63, 3.8) is 0 Å². The van der Waals surface area contributed by atoms with E-state index in [-0.39, 0.29) is 18.9 Å². The molecule has 2 fully saturated rings. The van der Waals surface area contributed by atoms with E-state index in [0.717, 1.165) is 44.9 Å². The molecule has 0 aromatic heterocycles. The summed E-state index contributed by atoms with van der Waals surface area (Å²) in [4.78, 5) is 13.2. The second kappa shape index (κ2) is 46.2. The number of carbonyl (C=O) groups is 1. The third kappa shape index (κ3) is 31.6. The molecule has 2 saturated heterocycles. The van der Waals surface area contributed by atoms with Crippen LogP contribution < -0.4 is 5.32 Å². The first-order valence-corrected chi connectivity index (χ1v) is 30.2. The van der Waals surface area contributed by atoms with Crippen LogP contribution >= 0.6 is 0 Å². The van der Waals surface area contributed by atoms with Crippen molar-refractivity contribution in [3.05, 3.63) is 36.5 Å². The number of hydrogen-bond donors (Lipinski definition) is 9. The van der Waals surface area contributed by atoms with Gasteiger partial charge in [0.15, 0.2) is 12.6 Å². The predicted molar refractivity (Wildman–Crippen MR) is 295 cm³/mol. The second-order valence-electron chi connectivity index (χ2n) is 21.5. The van der Waals surface area contributed by atoms with Crippen molar-refractivity contribution in [3.8, 4) is 0 Å². The Morgan fingerprint density at radius 2 is 0.865 bits per heavy atom. The summed E-state index contributed by atoms with van der Waals surface area (Å²) in [6.45, 7) is 2.75. The standard InChI is InChI=1S/C60H111NO13/c1-3-5-7-9-11-13-15-17-18-19-20-21-22-23-24-25-26-27-28-29-30-32-34-36-38-40-42-44-52(65)61-48(49(64)43-41-39-37-35-33-31-16-14-12-10-8-6-4-2)47-71-59-57(70)55(68)58(51(46-63)73-59)74-60-56(69)54(67)53(66)50(45-62)72-60/h12,14,33,35,41,43,48-51,53-60,62-64,66-70H,3-11,13,15-32,34,36-40,42,44-47H2,1-2H3,(H,61,65)/b14-12+,35-33+,43-41+. The zero-order chi connectivity index (χ0) is 53.9. The van der Waals surface area contributed by atoms with Gasteiger partial charge in [0.1, 0.15) is 48.8 Å². The lowest BCUT2D eigenvalue weighted by molar-refractivity contribution is -0.359. The number of unbranched alkanes of at least 4 members (excludes halogenated alkanes) is 31. The SMILES string of the molecule is CCCCC/C=C/CC/C=C/CC/C=C/C(O)C(COC1OC(CO)C(OC2OC(CO)C(O)C(O)C2O)C(O)C1O)NC(=O)CCCCCCCCCCCCCCCCCCCCCCCCCCCCC. The highest BCUT2D eigenvalue weighted by Gasteiger charge is 2.51. The van der Waals surface area contributed by atoms with Crippen LogP contribution in [-0.2, 0) is 23.7 Å². The zero-order valence-corrected chi connectivity index (χ0v) is 46.6. The van der Waals surface area contributed by atoms with Gasteiger partial charge in [-0.3, -0.25) is 4.79 Å². The monoisotopic (exact) mass is 1050 g/mol. The molecule has 74 heavy (non-hydrogen) atoms. The maximum Gasteiger partial charge on any atom is 0.220 e.